The van der Waals surface area contributed by atoms with E-state index < -0.39 is 0 Å². The second kappa shape index (κ2) is 12.0. The van der Waals surface area contributed by atoms with Gasteiger partial charge >= 0.3 is 0 Å². The van der Waals surface area contributed by atoms with Crippen LogP contribution in [0.2, 0.25) is 0 Å². The molecule has 43 heavy (non-hydrogen) atoms. The van der Waals surface area contributed by atoms with Crippen molar-refractivity contribution >= 4 is 17.1 Å². The highest BCUT2D eigenvalue weighted by Gasteiger charge is 2.17. The van der Waals surface area contributed by atoms with Crippen molar-refractivity contribution in [3.8, 4) is 44.5 Å². The quantitative estimate of drug-likeness (QED) is 0.192. The third kappa shape index (κ3) is 5.55. The zero-order valence-electron chi connectivity index (χ0n) is 23.7. The zero-order valence-corrected chi connectivity index (χ0v) is 23.7. The van der Waals surface area contributed by atoms with Crippen LogP contribution < -0.4 is 4.90 Å². The molecule has 0 aliphatic rings. The van der Waals surface area contributed by atoms with Gasteiger partial charge in [-0.3, -0.25) is 0 Å². The van der Waals surface area contributed by atoms with Crippen molar-refractivity contribution in [3.05, 3.63) is 188 Å². The summed E-state index contributed by atoms with van der Waals surface area (Å²) in [5.74, 6) is 0. The van der Waals surface area contributed by atoms with Crippen molar-refractivity contribution in [3.63, 3.8) is 0 Å². The largest absolute Gasteiger partial charge is 0.310 e. The Morgan fingerprint density at radius 2 is 0.837 bits per heavy atom. The third-order valence-electron chi connectivity index (χ3n) is 7.75. The lowest BCUT2D eigenvalue weighted by molar-refractivity contribution is 1.28. The molecule has 0 aliphatic carbocycles. The minimum absolute atomic E-state index is 1.03. The zero-order chi connectivity index (χ0) is 28.8. The first-order chi connectivity index (χ1) is 21.3. The molecule has 0 heterocycles. The van der Waals surface area contributed by atoms with Gasteiger partial charge in [-0.25, -0.2) is 0 Å². The van der Waals surface area contributed by atoms with Gasteiger partial charge in [0.15, 0.2) is 0 Å². The number of anilines is 3. The number of nitrogens with zero attached hydrogens (tertiary/aromatic N) is 1. The summed E-state index contributed by atoms with van der Waals surface area (Å²) in [6.45, 7) is 0. The van der Waals surface area contributed by atoms with Gasteiger partial charge in [-0.1, -0.05) is 140 Å². The first kappa shape index (κ1) is 26.1. The van der Waals surface area contributed by atoms with Crippen LogP contribution in [0.5, 0.6) is 0 Å². The Morgan fingerprint density at radius 1 is 0.349 bits per heavy atom. The van der Waals surface area contributed by atoms with Crippen LogP contribution in [0, 0.1) is 12.1 Å². The minimum Gasteiger partial charge on any atom is -0.310 e. The van der Waals surface area contributed by atoms with Crippen LogP contribution in [0.3, 0.4) is 0 Å². The average molecular weight is 548 g/mol. The maximum absolute atomic E-state index is 3.23. The van der Waals surface area contributed by atoms with E-state index in [9.17, 15) is 0 Å². The molecule has 0 atom stereocenters. The normalized spacial score (nSPS) is 10.6. The maximum atomic E-state index is 3.23. The topological polar surface area (TPSA) is 3.24 Å². The van der Waals surface area contributed by atoms with Gasteiger partial charge in [-0.05, 0) is 87.5 Å². The Hall–Kier alpha value is -5.84. The molecular weight excluding hydrogens is 518 g/mol. The van der Waals surface area contributed by atoms with Gasteiger partial charge < -0.3 is 4.90 Å². The fraction of sp³-hybridized carbons (Fsp3) is 0. The molecule has 0 unspecified atom stereocenters. The molecule has 0 saturated carbocycles. The van der Waals surface area contributed by atoms with E-state index in [2.05, 4.69) is 181 Å². The molecule has 0 saturated heterocycles. The number of benzene rings is 6. The SMILES string of the molecule is c1cccc(-c2ccc(N(c3ccc(-c4ccccc4)cc3)c3ccc(-c4ccccc4)c(-c4ccccc4)c3)cc2)c#1. The lowest BCUT2D eigenvalue weighted by atomic mass is 9.93. The molecule has 7 aromatic carbocycles. The number of hydrogen-bond donors (Lipinski definition) is 0. The van der Waals surface area contributed by atoms with Crippen molar-refractivity contribution < 1.29 is 0 Å². The van der Waals surface area contributed by atoms with Gasteiger partial charge in [0.2, 0.25) is 0 Å². The van der Waals surface area contributed by atoms with Crippen molar-refractivity contribution in [1.82, 2.24) is 0 Å². The third-order valence-corrected chi connectivity index (χ3v) is 7.75. The highest BCUT2D eigenvalue weighted by molar-refractivity contribution is 5.89. The summed E-state index contributed by atoms with van der Waals surface area (Å²) in [7, 11) is 0. The number of rotatable bonds is 7. The van der Waals surface area contributed by atoms with Gasteiger partial charge in [0.05, 0.1) is 0 Å². The van der Waals surface area contributed by atoms with Gasteiger partial charge in [0.1, 0.15) is 0 Å². The van der Waals surface area contributed by atoms with E-state index in [1.807, 2.05) is 12.1 Å². The first-order valence-electron chi connectivity index (χ1n) is 14.5. The van der Waals surface area contributed by atoms with Gasteiger partial charge in [0, 0.05) is 22.6 Å². The van der Waals surface area contributed by atoms with Crippen molar-refractivity contribution in [2.75, 3.05) is 4.90 Å². The highest BCUT2D eigenvalue weighted by atomic mass is 15.1. The molecule has 0 spiro atoms. The van der Waals surface area contributed by atoms with Gasteiger partial charge in [-0.2, -0.15) is 0 Å². The van der Waals surface area contributed by atoms with Crippen LogP contribution in [0.4, 0.5) is 17.1 Å². The lowest BCUT2D eigenvalue weighted by Crippen LogP contribution is -2.10. The average Bonchev–Trinajstić information content (AvgIpc) is 3.10. The summed E-state index contributed by atoms with van der Waals surface area (Å²) in [6.07, 6.45) is 0. The highest BCUT2D eigenvalue weighted by Crippen LogP contribution is 2.41. The molecule has 0 aromatic heterocycles. The van der Waals surface area contributed by atoms with Gasteiger partial charge in [0.25, 0.3) is 0 Å². The number of hydrogen-bond acceptors (Lipinski definition) is 1. The van der Waals surface area contributed by atoms with E-state index in [0.29, 0.717) is 0 Å². The summed E-state index contributed by atoms with van der Waals surface area (Å²) >= 11 is 0. The fourth-order valence-corrected chi connectivity index (χ4v) is 5.59. The summed E-state index contributed by atoms with van der Waals surface area (Å²) in [6, 6.07) is 68.4. The second-order valence-electron chi connectivity index (χ2n) is 10.5. The monoisotopic (exact) mass is 547 g/mol. The molecule has 7 rings (SSSR count). The first-order valence-corrected chi connectivity index (χ1v) is 14.5. The summed E-state index contributed by atoms with van der Waals surface area (Å²) in [5, 5.41) is 0. The van der Waals surface area contributed by atoms with Crippen molar-refractivity contribution in [2.45, 2.75) is 0 Å². The van der Waals surface area contributed by atoms with E-state index in [-0.39, 0.29) is 0 Å². The Balaban J connectivity index is 1.36. The van der Waals surface area contributed by atoms with E-state index in [0.717, 1.165) is 28.2 Å². The van der Waals surface area contributed by atoms with Crippen LogP contribution >= 0.6 is 0 Å². The predicted molar refractivity (Wildman–Crippen MR) is 181 cm³/mol. The smallest absolute Gasteiger partial charge is 0.0468 e. The summed E-state index contributed by atoms with van der Waals surface area (Å²) in [5.41, 5.74) is 12.6. The molecule has 0 bridgehead atoms. The summed E-state index contributed by atoms with van der Waals surface area (Å²) < 4.78 is 0. The summed E-state index contributed by atoms with van der Waals surface area (Å²) in [4.78, 5) is 2.33. The fourth-order valence-electron chi connectivity index (χ4n) is 5.59. The molecule has 0 fully saturated rings. The predicted octanol–water partition coefficient (Wildman–Crippen LogP) is 11.4. The van der Waals surface area contributed by atoms with E-state index in [1.54, 1.807) is 0 Å². The molecule has 0 radical (unpaired) electrons. The molecule has 0 N–H and O–H groups in total. The molecule has 202 valence electrons. The standard InChI is InChI=1S/C42H29N/c1-5-13-32(14-6-1)34-21-25-38(26-22-34)43(39-27-23-35(24-28-39)33-15-7-2-8-16-33)40-29-30-41(36-17-9-3-10-18-36)42(31-40)37-19-11-4-12-20-37/h1-7,9-15,17-31H. The molecule has 1 heteroatoms. The van der Waals surface area contributed by atoms with E-state index >= 15 is 0 Å². The van der Waals surface area contributed by atoms with Crippen LogP contribution in [0.25, 0.3) is 44.5 Å². The minimum atomic E-state index is 1.03. The van der Waals surface area contributed by atoms with Crippen LogP contribution in [-0.2, 0) is 0 Å². The molecule has 1 nitrogen and oxygen atoms in total. The van der Waals surface area contributed by atoms with Crippen LogP contribution in [-0.4, -0.2) is 0 Å². The molecule has 0 amide bonds. The molecule has 7 aromatic rings. The Kier molecular flexibility index (Phi) is 7.25. The molecule has 0 aliphatic heterocycles. The Labute approximate surface area is 254 Å². The van der Waals surface area contributed by atoms with Gasteiger partial charge in [-0.15, -0.1) is 0 Å². The molecular formula is C42H29N. The van der Waals surface area contributed by atoms with E-state index in [4.69, 9.17) is 0 Å². The second-order valence-corrected chi connectivity index (χ2v) is 10.5. The van der Waals surface area contributed by atoms with Crippen LogP contribution in [0.15, 0.2) is 176 Å². The van der Waals surface area contributed by atoms with Crippen molar-refractivity contribution in [2.24, 2.45) is 0 Å². The lowest BCUT2D eigenvalue weighted by Gasteiger charge is -2.27. The Bertz CT molecular complexity index is 1830. The Morgan fingerprint density at radius 3 is 1.40 bits per heavy atom. The van der Waals surface area contributed by atoms with Crippen molar-refractivity contribution in [1.29, 1.82) is 0 Å². The van der Waals surface area contributed by atoms with Crippen LogP contribution in [0.1, 0.15) is 0 Å². The van der Waals surface area contributed by atoms with E-state index in [1.165, 1.54) is 33.4 Å². The maximum Gasteiger partial charge on any atom is 0.0468 e.